The van der Waals surface area contributed by atoms with Crippen molar-refractivity contribution in [3.8, 4) is 22.3 Å². The van der Waals surface area contributed by atoms with Gasteiger partial charge in [-0.25, -0.2) is 4.98 Å². The highest BCUT2D eigenvalue weighted by molar-refractivity contribution is 9.10. The van der Waals surface area contributed by atoms with Gasteiger partial charge < -0.3 is 9.97 Å². The Labute approximate surface area is 261 Å². The molecule has 8 bridgehead atoms. The lowest BCUT2D eigenvalue weighted by Gasteiger charge is -2.15. The highest BCUT2D eigenvalue weighted by Gasteiger charge is 2.30. The van der Waals surface area contributed by atoms with Crippen molar-refractivity contribution in [3.05, 3.63) is 116 Å². The molecule has 214 valence electrons. The number of hydrogen-bond acceptors (Lipinski definition) is 2. The van der Waals surface area contributed by atoms with E-state index in [1.54, 1.807) is 0 Å². The monoisotopic (exact) mass is 626 g/mol. The molecule has 5 heterocycles. The molecule has 0 saturated heterocycles. The molecule has 0 atom stereocenters. The molecule has 0 fully saturated rings. The van der Waals surface area contributed by atoms with Gasteiger partial charge in [-0.1, -0.05) is 61.4 Å². The van der Waals surface area contributed by atoms with E-state index in [-0.39, 0.29) is 5.41 Å². The van der Waals surface area contributed by atoms with Gasteiger partial charge in [0, 0.05) is 50.7 Å². The fourth-order valence-electron chi connectivity index (χ4n) is 6.60. The molecule has 7 rings (SSSR count). The maximum absolute atomic E-state index is 5.23. The average Bonchev–Trinajstić information content (AvgIpc) is 3.75. The van der Waals surface area contributed by atoms with Crippen LogP contribution in [0.3, 0.4) is 0 Å². The smallest absolute Gasteiger partial charge is 0.0798 e. The van der Waals surface area contributed by atoms with E-state index in [0.29, 0.717) is 0 Å². The summed E-state index contributed by atoms with van der Waals surface area (Å²) in [6.45, 7) is 13.2. The van der Waals surface area contributed by atoms with Crippen LogP contribution in [-0.4, -0.2) is 19.9 Å². The van der Waals surface area contributed by atoms with Crippen LogP contribution in [-0.2, 0) is 11.8 Å². The van der Waals surface area contributed by atoms with E-state index >= 15 is 0 Å². The van der Waals surface area contributed by atoms with Crippen molar-refractivity contribution >= 4 is 50.1 Å². The van der Waals surface area contributed by atoms with Crippen LogP contribution in [0.1, 0.15) is 58.9 Å². The number of hydrogen-bond donors (Lipinski definition) is 2. The fraction of sp³-hybridized carbons (Fsp3) is 0.211. The van der Waals surface area contributed by atoms with Crippen LogP contribution in [0.15, 0.2) is 71.2 Å². The van der Waals surface area contributed by atoms with Crippen LogP contribution in [0.4, 0.5) is 0 Å². The van der Waals surface area contributed by atoms with Gasteiger partial charge in [0.2, 0.25) is 0 Å². The zero-order valence-corrected chi connectivity index (χ0v) is 27.1. The first-order chi connectivity index (χ1) is 20.6. The lowest BCUT2D eigenvalue weighted by atomic mass is 9.87. The molecule has 4 nitrogen and oxygen atoms in total. The molecule has 5 heteroatoms. The molecule has 0 amide bonds. The first kappa shape index (κ1) is 27.6. The quantitative estimate of drug-likeness (QED) is 0.201. The SMILES string of the molecule is Cc1ccc(-c2c3ccc(cc4nc(c(Br)c5nc(c(-c6c(C)cc(C)cc6C)c6ccc2[nH]6)C=C5)CC4(C)C)[nH]3)cc1. The molecule has 43 heavy (non-hydrogen) atoms. The Morgan fingerprint density at radius 2 is 1.28 bits per heavy atom. The van der Waals surface area contributed by atoms with Crippen molar-refractivity contribution in [1.82, 2.24) is 19.9 Å². The third-order valence-corrected chi connectivity index (χ3v) is 9.56. The summed E-state index contributed by atoms with van der Waals surface area (Å²) in [6, 6.07) is 24.2. The fourth-order valence-corrected chi connectivity index (χ4v) is 7.05. The first-order valence-electron chi connectivity index (χ1n) is 14.8. The molecule has 0 radical (unpaired) electrons. The van der Waals surface area contributed by atoms with Crippen LogP contribution in [0.25, 0.3) is 56.5 Å². The Bertz CT molecular complexity index is 2100. The van der Waals surface area contributed by atoms with E-state index in [1.165, 1.54) is 27.8 Å². The predicted octanol–water partition coefficient (Wildman–Crippen LogP) is 10.3. The van der Waals surface area contributed by atoms with Gasteiger partial charge in [0.1, 0.15) is 0 Å². The Kier molecular flexibility index (Phi) is 6.55. The Hall–Kier alpha value is -4.22. The number of benzene rings is 2. The molecular weight excluding hydrogens is 592 g/mol. The summed E-state index contributed by atoms with van der Waals surface area (Å²) in [5, 5.41) is 0. The van der Waals surface area contributed by atoms with Crippen molar-refractivity contribution in [2.75, 3.05) is 0 Å². The number of rotatable bonds is 2. The van der Waals surface area contributed by atoms with E-state index < -0.39 is 0 Å². The molecule has 0 unspecified atom stereocenters. The molecule has 0 spiro atoms. The van der Waals surface area contributed by atoms with Gasteiger partial charge in [-0.05, 0) is 108 Å². The third kappa shape index (κ3) is 4.86. The lowest BCUT2D eigenvalue weighted by Crippen LogP contribution is -2.15. The van der Waals surface area contributed by atoms with Crippen molar-refractivity contribution < 1.29 is 0 Å². The number of aromatic amines is 2. The standard InChI is InChI=1S/C38H35BrN4/c1-21-7-9-25(10-8-21)35-27-12-11-26(40-27)19-33-38(5,6)20-32(43-33)37(39)31-16-15-30(42-31)36(29-14-13-28(35)41-29)34-23(3)17-22(2)18-24(34)4/h7-19,40-41H,20H2,1-6H3. The second-order valence-electron chi connectivity index (χ2n) is 12.7. The van der Waals surface area contributed by atoms with Crippen molar-refractivity contribution in [1.29, 1.82) is 0 Å². The molecule has 2 N–H and O–H groups in total. The second kappa shape index (κ2) is 10.2. The van der Waals surface area contributed by atoms with Gasteiger partial charge in [0.15, 0.2) is 0 Å². The normalized spacial score (nSPS) is 13.9. The zero-order chi connectivity index (χ0) is 30.0. The van der Waals surface area contributed by atoms with Crippen LogP contribution >= 0.6 is 15.9 Å². The van der Waals surface area contributed by atoms with Crippen LogP contribution in [0.5, 0.6) is 0 Å². The maximum Gasteiger partial charge on any atom is 0.0798 e. The number of aromatic nitrogens is 4. The van der Waals surface area contributed by atoms with Crippen molar-refractivity contribution in [2.45, 2.75) is 53.4 Å². The topological polar surface area (TPSA) is 57.4 Å². The number of H-pyrrole nitrogens is 2. The van der Waals surface area contributed by atoms with Gasteiger partial charge in [-0.3, -0.25) is 4.98 Å². The Balaban J connectivity index is 1.67. The number of nitrogens with zero attached hydrogens (tertiary/aromatic N) is 2. The number of fused-ring (bicyclic) bond motifs is 8. The predicted molar refractivity (Wildman–Crippen MR) is 184 cm³/mol. The largest absolute Gasteiger partial charge is 0.355 e. The highest BCUT2D eigenvalue weighted by atomic mass is 79.9. The second-order valence-corrected chi connectivity index (χ2v) is 13.5. The average molecular weight is 628 g/mol. The van der Waals surface area contributed by atoms with Gasteiger partial charge in [-0.2, -0.15) is 0 Å². The minimum Gasteiger partial charge on any atom is -0.355 e. The molecule has 5 aromatic rings. The lowest BCUT2D eigenvalue weighted by molar-refractivity contribution is 0.543. The van der Waals surface area contributed by atoms with E-state index in [2.05, 4.69) is 146 Å². The minimum atomic E-state index is -0.103. The molecule has 2 aliphatic heterocycles. The molecule has 0 saturated carbocycles. The van der Waals surface area contributed by atoms with E-state index in [9.17, 15) is 0 Å². The molecule has 3 aromatic heterocycles. The molecule has 2 aromatic carbocycles. The summed E-state index contributed by atoms with van der Waals surface area (Å²) in [5.41, 5.74) is 17.6. The summed E-state index contributed by atoms with van der Waals surface area (Å²) < 4.78 is 0.952. The summed E-state index contributed by atoms with van der Waals surface area (Å²) in [7, 11) is 0. The molecule has 0 aliphatic carbocycles. The third-order valence-electron chi connectivity index (χ3n) is 8.69. The molecular formula is C38H35BrN4. The van der Waals surface area contributed by atoms with Crippen LogP contribution in [0, 0.1) is 27.7 Å². The first-order valence-corrected chi connectivity index (χ1v) is 15.6. The maximum atomic E-state index is 5.23. The van der Waals surface area contributed by atoms with E-state index in [4.69, 9.17) is 9.97 Å². The van der Waals surface area contributed by atoms with Gasteiger partial charge in [0.05, 0.1) is 21.6 Å². The Morgan fingerprint density at radius 3 is 2.00 bits per heavy atom. The van der Waals surface area contributed by atoms with Crippen molar-refractivity contribution in [2.24, 2.45) is 0 Å². The van der Waals surface area contributed by atoms with Gasteiger partial charge in [-0.15, -0.1) is 0 Å². The Morgan fingerprint density at radius 1 is 0.651 bits per heavy atom. The van der Waals surface area contributed by atoms with E-state index in [0.717, 1.165) is 72.4 Å². The minimum absolute atomic E-state index is 0.103. The summed E-state index contributed by atoms with van der Waals surface area (Å²) >= 11 is 3.90. The highest BCUT2D eigenvalue weighted by Crippen LogP contribution is 2.39. The van der Waals surface area contributed by atoms with Crippen molar-refractivity contribution in [3.63, 3.8) is 0 Å². The summed E-state index contributed by atoms with van der Waals surface area (Å²) in [6.07, 6.45) is 5.09. The van der Waals surface area contributed by atoms with Crippen LogP contribution < -0.4 is 0 Å². The molecule has 2 aliphatic rings. The van der Waals surface area contributed by atoms with E-state index in [1.807, 2.05) is 0 Å². The van der Waals surface area contributed by atoms with Gasteiger partial charge >= 0.3 is 0 Å². The zero-order valence-electron chi connectivity index (χ0n) is 25.5. The summed E-state index contributed by atoms with van der Waals surface area (Å²) in [4.78, 5) is 17.9. The number of aryl methyl sites for hydroxylation is 4. The number of nitrogens with one attached hydrogen (secondary N) is 2. The summed E-state index contributed by atoms with van der Waals surface area (Å²) in [5.74, 6) is 0. The van der Waals surface area contributed by atoms with Crippen LogP contribution in [0.2, 0.25) is 0 Å². The number of halogens is 1. The van der Waals surface area contributed by atoms with Gasteiger partial charge in [0.25, 0.3) is 0 Å².